The number of amides is 1. The van der Waals surface area contributed by atoms with Gasteiger partial charge in [-0.3, -0.25) is 4.79 Å². The Hall–Kier alpha value is -3.74. The Morgan fingerprint density at radius 3 is 2.43 bits per heavy atom. The fraction of sp³-hybridized carbons (Fsp3) is 0.143. The van der Waals surface area contributed by atoms with Gasteiger partial charge in [-0.05, 0) is 11.6 Å². The molecule has 0 bridgehead atoms. The number of rotatable bonds is 4. The molecule has 0 spiro atoms. The van der Waals surface area contributed by atoms with Crippen LogP contribution in [0.15, 0.2) is 54.6 Å². The van der Waals surface area contributed by atoms with Crippen molar-refractivity contribution in [3.8, 4) is 0 Å². The van der Waals surface area contributed by atoms with E-state index in [1.807, 2.05) is 54.6 Å². The van der Waals surface area contributed by atoms with Crippen LogP contribution in [0.25, 0.3) is 21.8 Å². The summed E-state index contributed by atoms with van der Waals surface area (Å²) in [5, 5.41) is 9.40. The molecule has 0 unspecified atom stereocenters. The summed E-state index contributed by atoms with van der Waals surface area (Å²) >= 11 is 0. The first-order valence-electron chi connectivity index (χ1n) is 8.75. The van der Waals surface area contributed by atoms with Crippen LogP contribution in [-0.4, -0.2) is 46.1 Å². The average molecular weight is 374 g/mol. The lowest BCUT2D eigenvalue weighted by molar-refractivity contribution is 0.0594. The third-order valence-electron chi connectivity index (χ3n) is 4.62. The molecule has 2 aromatic carbocycles. The first-order valence-corrected chi connectivity index (χ1v) is 8.75. The highest BCUT2D eigenvalue weighted by Crippen LogP contribution is 2.29. The molecule has 0 radical (unpaired) electrons. The highest BCUT2D eigenvalue weighted by atomic mass is 16.5. The molecule has 2 heterocycles. The van der Waals surface area contributed by atoms with Gasteiger partial charge in [-0.2, -0.15) is 0 Å². The number of ether oxygens (including phenoxy) is 1. The van der Waals surface area contributed by atoms with Crippen LogP contribution in [0, 0.1) is 0 Å². The first kappa shape index (κ1) is 17.7. The Bertz CT molecular complexity index is 1180. The standard InChI is InChI=1S/C21H18N4O3/c1-25(12-13-8-4-3-5-9-13)20(26)19-17-16(18(23-24-19)21(27)28-2)14-10-6-7-11-15(14)22-17/h3-11,22H,12H2,1-2H3. The summed E-state index contributed by atoms with van der Waals surface area (Å²) < 4.78 is 4.84. The van der Waals surface area contributed by atoms with Gasteiger partial charge in [0.25, 0.3) is 5.91 Å². The molecule has 2 aromatic heterocycles. The maximum absolute atomic E-state index is 13.1. The summed E-state index contributed by atoms with van der Waals surface area (Å²) in [7, 11) is 3.00. The van der Waals surface area contributed by atoms with Crippen molar-refractivity contribution in [3.05, 3.63) is 71.5 Å². The minimum absolute atomic E-state index is 0.0808. The minimum atomic E-state index is -0.598. The molecule has 4 aromatic rings. The Morgan fingerprint density at radius 2 is 1.68 bits per heavy atom. The van der Waals surface area contributed by atoms with E-state index in [9.17, 15) is 9.59 Å². The molecule has 0 aliphatic carbocycles. The number of esters is 1. The normalized spacial score (nSPS) is 10.9. The van der Waals surface area contributed by atoms with E-state index >= 15 is 0 Å². The van der Waals surface area contributed by atoms with Crippen LogP contribution in [-0.2, 0) is 11.3 Å². The van der Waals surface area contributed by atoms with Crippen LogP contribution in [0.4, 0.5) is 0 Å². The fourth-order valence-electron chi connectivity index (χ4n) is 3.26. The van der Waals surface area contributed by atoms with E-state index in [1.54, 1.807) is 11.9 Å². The summed E-state index contributed by atoms with van der Waals surface area (Å²) in [4.78, 5) is 30.0. The molecule has 1 N–H and O–H groups in total. The average Bonchev–Trinajstić information content (AvgIpc) is 3.12. The molecule has 0 aliphatic rings. The number of H-pyrrole nitrogens is 1. The second kappa shape index (κ2) is 7.11. The molecule has 7 heteroatoms. The van der Waals surface area contributed by atoms with Crippen LogP contribution in [0.3, 0.4) is 0 Å². The van der Waals surface area contributed by atoms with E-state index < -0.39 is 5.97 Å². The van der Waals surface area contributed by atoms with Crippen LogP contribution < -0.4 is 0 Å². The summed E-state index contributed by atoms with van der Waals surface area (Å²) in [6, 6.07) is 17.2. The lowest BCUT2D eigenvalue weighted by atomic mass is 10.1. The predicted octanol–water partition coefficient (Wildman–Crippen LogP) is 3.17. The van der Waals surface area contributed by atoms with Crippen molar-refractivity contribution in [2.75, 3.05) is 14.2 Å². The zero-order chi connectivity index (χ0) is 19.7. The molecule has 4 rings (SSSR count). The molecule has 140 valence electrons. The van der Waals surface area contributed by atoms with Crippen LogP contribution in [0.1, 0.15) is 26.5 Å². The minimum Gasteiger partial charge on any atom is -0.464 e. The lowest BCUT2D eigenvalue weighted by Crippen LogP contribution is -2.28. The maximum atomic E-state index is 13.1. The Morgan fingerprint density at radius 1 is 1.00 bits per heavy atom. The van der Waals surface area contributed by atoms with Gasteiger partial charge in [0.15, 0.2) is 11.4 Å². The van der Waals surface area contributed by atoms with Gasteiger partial charge in [-0.25, -0.2) is 4.79 Å². The summed E-state index contributed by atoms with van der Waals surface area (Å²) in [5.41, 5.74) is 2.51. The third kappa shape index (κ3) is 2.96. The van der Waals surface area contributed by atoms with Crippen molar-refractivity contribution in [1.82, 2.24) is 20.1 Å². The smallest absolute Gasteiger partial charge is 0.359 e. The van der Waals surface area contributed by atoms with Crippen molar-refractivity contribution < 1.29 is 14.3 Å². The molecule has 0 saturated heterocycles. The number of hydrogen-bond acceptors (Lipinski definition) is 5. The van der Waals surface area contributed by atoms with Crippen molar-refractivity contribution in [1.29, 1.82) is 0 Å². The fourth-order valence-corrected chi connectivity index (χ4v) is 3.26. The summed E-state index contributed by atoms with van der Waals surface area (Å²) in [6.45, 7) is 0.432. The van der Waals surface area contributed by atoms with Gasteiger partial charge in [-0.1, -0.05) is 48.5 Å². The first-order chi connectivity index (χ1) is 13.6. The number of carbonyl (C=O) groups excluding carboxylic acids is 2. The monoisotopic (exact) mass is 374 g/mol. The number of hydrogen-bond donors (Lipinski definition) is 1. The van der Waals surface area contributed by atoms with Crippen molar-refractivity contribution in [3.63, 3.8) is 0 Å². The number of nitrogens with one attached hydrogen (secondary N) is 1. The summed E-state index contributed by atoms with van der Waals surface area (Å²) in [6.07, 6.45) is 0. The van der Waals surface area contributed by atoms with E-state index in [-0.39, 0.29) is 17.3 Å². The summed E-state index contributed by atoms with van der Waals surface area (Å²) in [5.74, 6) is -0.886. The Kier molecular flexibility index (Phi) is 4.49. The number of aromatic nitrogens is 3. The van der Waals surface area contributed by atoms with Gasteiger partial charge in [0.2, 0.25) is 0 Å². The number of aromatic amines is 1. The van der Waals surface area contributed by atoms with Crippen LogP contribution >= 0.6 is 0 Å². The maximum Gasteiger partial charge on any atom is 0.359 e. The second-order valence-electron chi connectivity index (χ2n) is 6.46. The number of methoxy groups -OCH3 is 1. The van der Waals surface area contributed by atoms with Gasteiger partial charge in [0, 0.05) is 29.9 Å². The van der Waals surface area contributed by atoms with E-state index in [0.29, 0.717) is 17.4 Å². The quantitative estimate of drug-likeness (QED) is 0.554. The molecule has 7 nitrogen and oxygen atoms in total. The molecule has 1 amide bonds. The number of benzene rings is 2. The van der Waals surface area contributed by atoms with Gasteiger partial charge in [-0.15, -0.1) is 10.2 Å². The molecular weight excluding hydrogens is 356 g/mol. The van der Waals surface area contributed by atoms with E-state index in [0.717, 1.165) is 16.5 Å². The zero-order valence-electron chi connectivity index (χ0n) is 15.5. The van der Waals surface area contributed by atoms with E-state index in [2.05, 4.69) is 15.2 Å². The van der Waals surface area contributed by atoms with Gasteiger partial charge in [0.1, 0.15) is 0 Å². The SMILES string of the molecule is COC(=O)c1nnc(C(=O)N(C)Cc2ccccc2)c2[nH]c3ccccc3c12. The Labute approximate surface area is 160 Å². The lowest BCUT2D eigenvalue weighted by Gasteiger charge is -2.17. The number of fused-ring (bicyclic) bond motifs is 3. The Balaban J connectivity index is 1.83. The molecule has 0 atom stereocenters. The molecule has 28 heavy (non-hydrogen) atoms. The van der Waals surface area contributed by atoms with E-state index in [1.165, 1.54) is 7.11 Å². The van der Waals surface area contributed by atoms with Gasteiger partial charge >= 0.3 is 5.97 Å². The second-order valence-corrected chi connectivity index (χ2v) is 6.46. The number of carbonyl (C=O) groups is 2. The number of para-hydroxylation sites is 1. The molecule has 0 fully saturated rings. The van der Waals surface area contributed by atoms with Crippen LogP contribution in [0.5, 0.6) is 0 Å². The number of nitrogens with zero attached hydrogens (tertiary/aromatic N) is 3. The largest absolute Gasteiger partial charge is 0.464 e. The molecular formula is C21H18N4O3. The molecule has 0 saturated carbocycles. The highest BCUT2D eigenvalue weighted by Gasteiger charge is 2.25. The third-order valence-corrected chi connectivity index (χ3v) is 4.62. The predicted molar refractivity (Wildman–Crippen MR) is 105 cm³/mol. The molecule has 0 aliphatic heterocycles. The van der Waals surface area contributed by atoms with Crippen LogP contribution in [0.2, 0.25) is 0 Å². The van der Waals surface area contributed by atoms with Crippen molar-refractivity contribution in [2.45, 2.75) is 6.54 Å². The topological polar surface area (TPSA) is 88.2 Å². The van der Waals surface area contributed by atoms with Gasteiger partial charge in [0.05, 0.1) is 12.6 Å². The van der Waals surface area contributed by atoms with Crippen molar-refractivity contribution >= 4 is 33.7 Å². The highest BCUT2D eigenvalue weighted by molar-refractivity contribution is 6.19. The zero-order valence-corrected chi connectivity index (χ0v) is 15.5. The van der Waals surface area contributed by atoms with Gasteiger partial charge < -0.3 is 14.6 Å². The van der Waals surface area contributed by atoms with E-state index in [4.69, 9.17) is 4.74 Å². The van der Waals surface area contributed by atoms with Crippen molar-refractivity contribution in [2.24, 2.45) is 0 Å².